The summed E-state index contributed by atoms with van der Waals surface area (Å²) in [7, 11) is 1.57. The molecule has 2 aromatic carbocycles. The molecule has 1 unspecified atom stereocenters. The van der Waals surface area contributed by atoms with Gasteiger partial charge < -0.3 is 14.9 Å². The summed E-state index contributed by atoms with van der Waals surface area (Å²) in [5, 5.41) is 18.4. The number of carboxylic acids is 2. The van der Waals surface area contributed by atoms with Gasteiger partial charge in [0.25, 0.3) is 0 Å². The van der Waals surface area contributed by atoms with Crippen LogP contribution in [-0.4, -0.2) is 29.3 Å². The molecule has 0 fully saturated rings. The highest BCUT2D eigenvalue weighted by Gasteiger charge is 2.21. The van der Waals surface area contributed by atoms with Gasteiger partial charge in [0, 0.05) is 0 Å². The maximum atomic E-state index is 11.6. The fourth-order valence-corrected chi connectivity index (χ4v) is 2.49. The standard InChI is InChI=1S/C18H18O5/c1-11-9-14(7-8-16(11)23-2)15(18(21)22)10-12-3-5-13(6-4-12)17(19)20/h3-9,15H,10H2,1-2H3,(H,19,20)(H,21,22). The molecule has 2 N–H and O–H groups in total. The summed E-state index contributed by atoms with van der Waals surface area (Å²) in [6, 6.07) is 11.6. The third kappa shape index (κ3) is 3.88. The van der Waals surface area contributed by atoms with Crippen molar-refractivity contribution in [2.24, 2.45) is 0 Å². The molecule has 0 aromatic heterocycles. The Morgan fingerprint density at radius 2 is 1.74 bits per heavy atom. The molecule has 0 saturated heterocycles. The molecule has 0 saturated carbocycles. The third-order valence-electron chi connectivity index (χ3n) is 3.76. The van der Waals surface area contributed by atoms with Gasteiger partial charge in [-0.25, -0.2) is 4.79 Å². The average molecular weight is 314 g/mol. The van der Waals surface area contributed by atoms with E-state index in [1.54, 1.807) is 31.4 Å². The number of rotatable bonds is 6. The molecule has 0 aliphatic carbocycles. The lowest BCUT2D eigenvalue weighted by Crippen LogP contribution is -2.15. The second-order valence-corrected chi connectivity index (χ2v) is 5.33. The SMILES string of the molecule is COc1ccc(C(Cc2ccc(C(=O)O)cc2)C(=O)O)cc1C. The molecule has 5 nitrogen and oxygen atoms in total. The lowest BCUT2D eigenvalue weighted by Gasteiger charge is -2.15. The number of carboxylic acid groups (broad SMARTS) is 2. The van der Waals surface area contributed by atoms with Gasteiger partial charge in [0.1, 0.15) is 5.75 Å². The van der Waals surface area contributed by atoms with Gasteiger partial charge in [-0.3, -0.25) is 4.79 Å². The van der Waals surface area contributed by atoms with Crippen LogP contribution in [0.15, 0.2) is 42.5 Å². The predicted molar refractivity (Wildman–Crippen MR) is 85.2 cm³/mol. The summed E-state index contributed by atoms with van der Waals surface area (Å²) < 4.78 is 5.19. The van der Waals surface area contributed by atoms with Crippen LogP contribution in [0.2, 0.25) is 0 Å². The highest BCUT2D eigenvalue weighted by molar-refractivity contribution is 5.87. The number of aryl methyl sites for hydroxylation is 1. The van der Waals surface area contributed by atoms with Crippen molar-refractivity contribution < 1.29 is 24.5 Å². The van der Waals surface area contributed by atoms with E-state index >= 15 is 0 Å². The molecule has 1 atom stereocenters. The van der Waals surface area contributed by atoms with E-state index in [-0.39, 0.29) is 5.56 Å². The fraction of sp³-hybridized carbons (Fsp3) is 0.222. The van der Waals surface area contributed by atoms with E-state index < -0.39 is 17.9 Å². The van der Waals surface area contributed by atoms with E-state index in [4.69, 9.17) is 9.84 Å². The zero-order valence-electron chi connectivity index (χ0n) is 12.9. The van der Waals surface area contributed by atoms with E-state index in [1.165, 1.54) is 12.1 Å². The van der Waals surface area contributed by atoms with Crippen molar-refractivity contribution in [2.75, 3.05) is 7.11 Å². The van der Waals surface area contributed by atoms with Gasteiger partial charge >= 0.3 is 11.9 Å². The minimum atomic E-state index is -1.00. The Labute approximate surface area is 134 Å². The zero-order valence-corrected chi connectivity index (χ0v) is 12.9. The third-order valence-corrected chi connectivity index (χ3v) is 3.76. The second kappa shape index (κ2) is 6.96. The van der Waals surface area contributed by atoms with Crippen LogP contribution in [0, 0.1) is 6.92 Å². The average Bonchev–Trinajstić information content (AvgIpc) is 2.52. The summed E-state index contributed by atoms with van der Waals surface area (Å²) in [6.07, 6.45) is 0.293. The number of hydrogen-bond donors (Lipinski definition) is 2. The van der Waals surface area contributed by atoms with Gasteiger partial charge in [-0.1, -0.05) is 24.3 Å². The zero-order chi connectivity index (χ0) is 17.0. The molecule has 0 radical (unpaired) electrons. The Kier molecular flexibility index (Phi) is 5.01. The van der Waals surface area contributed by atoms with Crippen LogP contribution in [0.3, 0.4) is 0 Å². The molecule has 0 aliphatic heterocycles. The molecular weight excluding hydrogens is 296 g/mol. The van der Waals surface area contributed by atoms with E-state index in [0.29, 0.717) is 17.7 Å². The summed E-state index contributed by atoms with van der Waals surface area (Å²) in [4.78, 5) is 22.5. The van der Waals surface area contributed by atoms with Crippen LogP contribution < -0.4 is 4.74 Å². The first-order valence-electron chi connectivity index (χ1n) is 7.12. The Balaban J connectivity index is 2.27. The fourth-order valence-electron chi connectivity index (χ4n) is 2.49. The van der Waals surface area contributed by atoms with E-state index in [1.807, 2.05) is 13.0 Å². The molecule has 0 amide bonds. The molecule has 2 aromatic rings. The normalized spacial score (nSPS) is 11.7. The first-order valence-corrected chi connectivity index (χ1v) is 7.12. The molecule has 0 bridgehead atoms. The van der Waals surface area contributed by atoms with Crippen molar-refractivity contribution in [3.63, 3.8) is 0 Å². The number of aliphatic carboxylic acids is 1. The van der Waals surface area contributed by atoms with Crippen molar-refractivity contribution in [3.8, 4) is 5.75 Å². The van der Waals surface area contributed by atoms with Crippen LogP contribution in [0.4, 0.5) is 0 Å². The molecule has 0 heterocycles. The summed E-state index contributed by atoms with van der Waals surface area (Å²) in [5.41, 5.74) is 2.52. The van der Waals surface area contributed by atoms with Crippen LogP contribution >= 0.6 is 0 Å². The van der Waals surface area contributed by atoms with Gasteiger partial charge in [-0.15, -0.1) is 0 Å². The van der Waals surface area contributed by atoms with Gasteiger partial charge in [-0.2, -0.15) is 0 Å². The maximum absolute atomic E-state index is 11.6. The van der Waals surface area contributed by atoms with Crippen LogP contribution in [0.1, 0.15) is 33.0 Å². The Morgan fingerprint density at radius 1 is 1.09 bits per heavy atom. The predicted octanol–water partition coefficient (Wildman–Crippen LogP) is 3.11. The van der Waals surface area contributed by atoms with Crippen molar-refractivity contribution >= 4 is 11.9 Å². The van der Waals surface area contributed by atoms with Gasteiger partial charge in [0.15, 0.2) is 0 Å². The molecule has 23 heavy (non-hydrogen) atoms. The second-order valence-electron chi connectivity index (χ2n) is 5.33. The van der Waals surface area contributed by atoms with Crippen LogP contribution in [-0.2, 0) is 11.2 Å². The first kappa shape index (κ1) is 16.5. The summed E-state index contributed by atoms with van der Waals surface area (Å²) >= 11 is 0. The quantitative estimate of drug-likeness (QED) is 0.856. The number of carbonyl (C=O) groups is 2. The highest BCUT2D eigenvalue weighted by Crippen LogP contribution is 2.26. The topological polar surface area (TPSA) is 83.8 Å². The molecule has 0 aliphatic rings. The summed E-state index contributed by atoms with van der Waals surface area (Å²) in [5.74, 6) is -1.91. The molecule has 120 valence electrons. The number of methoxy groups -OCH3 is 1. The van der Waals surface area contributed by atoms with Crippen molar-refractivity contribution in [1.29, 1.82) is 0 Å². The maximum Gasteiger partial charge on any atom is 0.335 e. The van der Waals surface area contributed by atoms with Crippen molar-refractivity contribution in [1.82, 2.24) is 0 Å². The smallest absolute Gasteiger partial charge is 0.335 e. The number of benzene rings is 2. The minimum Gasteiger partial charge on any atom is -0.496 e. The highest BCUT2D eigenvalue weighted by atomic mass is 16.5. The lowest BCUT2D eigenvalue weighted by molar-refractivity contribution is -0.138. The minimum absolute atomic E-state index is 0.181. The van der Waals surface area contributed by atoms with E-state index in [0.717, 1.165) is 11.1 Å². The van der Waals surface area contributed by atoms with Gasteiger partial charge in [0.05, 0.1) is 18.6 Å². The van der Waals surface area contributed by atoms with Crippen LogP contribution in [0.25, 0.3) is 0 Å². The van der Waals surface area contributed by atoms with Crippen molar-refractivity contribution in [3.05, 3.63) is 64.7 Å². The lowest BCUT2D eigenvalue weighted by atomic mass is 9.90. The summed E-state index contributed by atoms with van der Waals surface area (Å²) in [6.45, 7) is 1.86. The Morgan fingerprint density at radius 3 is 2.22 bits per heavy atom. The van der Waals surface area contributed by atoms with E-state index in [9.17, 15) is 14.7 Å². The van der Waals surface area contributed by atoms with Gasteiger partial charge in [0.2, 0.25) is 0 Å². The molecule has 0 spiro atoms. The monoisotopic (exact) mass is 314 g/mol. The number of ether oxygens (including phenoxy) is 1. The number of hydrogen-bond acceptors (Lipinski definition) is 3. The van der Waals surface area contributed by atoms with Crippen molar-refractivity contribution in [2.45, 2.75) is 19.3 Å². The van der Waals surface area contributed by atoms with Gasteiger partial charge in [-0.05, 0) is 48.2 Å². The molecular formula is C18H18O5. The van der Waals surface area contributed by atoms with E-state index in [2.05, 4.69) is 0 Å². The Hall–Kier alpha value is -2.82. The first-order chi connectivity index (χ1) is 10.9. The molecule has 2 rings (SSSR count). The van der Waals surface area contributed by atoms with Crippen LogP contribution in [0.5, 0.6) is 5.75 Å². The number of aromatic carboxylic acids is 1. The molecule has 5 heteroatoms. The Bertz CT molecular complexity index is 719. The largest absolute Gasteiger partial charge is 0.496 e.